The highest BCUT2D eigenvalue weighted by Gasteiger charge is 2.42. The van der Waals surface area contributed by atoms with Crippen molar-refractivity contribution in [2.75, 3.05) is 32.0 Å². The summed E-state index contributed by atoms with van der Waals surface area (Å²) in [6.45, 7) is 3.62. The topological polar surface area (TPSA) is 433 Å². The van der Waals surface area contributed by atoms with Crippen molar-refractivity contribution in [3.05, 3.63) is 114 Å². The van der Waals surface area contributed by atoms with E-state index in [0.717, 1.165) is 32.4 Å². The van der Waals surface area contributed by atoms with E-state index in [-0.39, 0.29) is 62.7 Å². The quantitative estimate of drug-likeness (QED) is 0.0190. The summed E-state index contributed by atoms with van der Waals surface area (Å²) in [5, 5.41) is 43.3. The van der Waals surface area contributed by atoms with Gasteiger partial charge in [-0.05, 0) is 98.5 Å². The van der Waals surface area contributed by atoms with Gasteiger partial charge in [0.2, 0.25) is 53.2 Å². The highest BCUT2D eigenvalue weighted by molar-refractivity contribution is 8.77. The van der Waals surface area contributed by atoms with Gasteiger partial charge in [0.1, 0.15) is 48.0 Å². The summed E-state index contributed by atoms with van der Waals surface area (Å²) < 4.78 is -1.37. The van der Waals surface area contributed by atoms with Crippen molar-refractivity contribution in [1.29, 1.82) is 0 Å². The van der Waals surface area contributed by atoms with E-state index in [1.54, 1.807) is 69.3 Å². The summed E-state index contributed by atoms with van der Waals surface area (Å²) in [5.41, 5.74) is 30.6. The number of amides is 9. The minimum atomic E-state index is -1.67. The average molecular weight is 1200 g/mol. The Balaban J connectivity index is 1.57. The van der Waals surface area contributed by atoms with Gasteiger partial charge >= 0.3 is 0 Å². The van der Waals surface area contributed by atoms with Gasteiger partial charge in [-0.25, -0.2) is 0 Å². The maximum Gasteiger partial charge on any atom is 0.245 e. The van der Waals surface area contributed by atoms with Gasteiger partial charge in [-0.15, -0.1) is 0 Å². The molecule has 9 atom stereocenters. The van der Waals surface area contributed by atoms with Crippen LogP contribution in [0.3, 0.4) is 0 Å². The normalized spacial score (nSPS) is 20.6. The van der Waals surface area contributed by atoms with E-state index in [2.05, 4.69) is 47.5 Å². The smallest absolute Gasteiger partial charge is 0.245 e. The molecule has 0 saturated carbocycles. The van der Waals surface area contributed by atoms with Gasteiger partial charge in [-0.3, -0.25) is 48.1 Å². The van der Waals surface area contributed by atoms with E-state index in [1.165, 1.54) is 12.1 Å². The number of fused-ring (bicyclic) bond motifs is 1. The van der Waals surface area contributed by atoms with E-state index >= 15 is 4.79 Å². The van der Waals surface area contributed by atoms with Gasteiger partial charge in [0, 0.05) is 29.4 Å². The van der Waals surface area contributed by atoms with Crippen molar-refractivity contribution in [2.45, 2.75) is 125 Å². The molecule has 0 aromatic heterocycles. The van der Waals surface area contributed by atoms with Gasteiger partial charge in [0.15, 0.2) is 5.96 Å². The molecule has 84 heavy (non-hydrogen) atoms. The first-order chi connectivity index (χ1) is 40.0. The largest absolute Gasteiger partial charge is 0.508 e. The summed E-state index contributed by atoms with van der Waals surface area (Å²) in [6.07, 6.45) is 0.919. The molecule has 0 aliphatic carbocycles. The Labute approximate surface area is 495 Å². The van der Waals surface area contributed by atoms with Crippen LogP contribution < -0.4 is 71.2 Å². The molecule has 4 aromatic carbocycles. The zero-order chi connectivity index (χ0) is 61.5. The van der Waals surface area contributed by atoms with Crippen LogP contribution in [-0.2, 0) is 56.0 Å². The van der Waals surface area contributed by atoms with Crippen molar-refractivity contribution in [3.8, 4) is 5.75 Å². The van der Waals surface area contributed by atoms with E-state index in [9.17, 15) is 48.6 Å². The number of phenolic OH excluding ortho intramolecular Hbond substituents is 1. The average Bonchev–Trinajstić information content (AvgIpc) is 3.58. The number of hydrogen-bond acceptors (Lipinski definition) is 16. The minimum Gasteiger partial charge on any atom is -0.508 e. The number of nitrogens with zero attached hydrogens (tertiary/aromatic N) is 1. The van der Waals surface area contributed by atoms with Crippen LogP contribution in [0.4, 0.5) is 0 Å². The van der Waals surface area contributed by atoms with E-state index < -0.39 is 125 Å². The van der Waals surface area contributed by atoms with Crippen molar-refractivity contribution in [2.24, 2.45) is 33.7 Å². The van der Waals surface area contributed by atoms with Gasteiger partial charge < -0.3 is 81.4 Å². The maximum absolute atomic E-state index is 15.1. The number of benzene rings is 4. The summed E-state index contributed by atoms with van der Waals surface area (Å²) in [4.78, 5) is 131. The van der Waals surface area contributed by atoms with Crippen LogP contribution in [0.15, 0.2) is 102 Å². The predicted octanol–water partition coefficient (Wildman–Crippen LogP) is -1.19. The number of guanidine groups is 1. The van der Waals surface area contributed by atoms with Crippen LogP contribution in [0, 0.1) is 0 Å². The second kappa shape index (κ2) is 32.8. The molecular weight excluding hydrogens is 1120 g/mol. The Kier molecular flexibility index (Phi) is 26.1. The third-order valence-electron chi connectivity index (χ3n) is 13.9. The Morgan fingerprint density at radius 3 is 2.07 bits per heavy atom. The van der Waals surface area contributed by atoms with E-state index in [0.29, 0.717) is 29.5 Å². The number of rotatable bonds is 22. The number of nitrogens with two attached hydrogens (primary N) is 5. The molecule has 25 nitrogen and oxygen atoms in total. The Bertz CT molecular complexity index is 2950. The van der Waals surface area contributed by atoms with Crippen molar-refractivity contribution in [3.63, 3.8) is 0 Å². The first kappa shape index (κ1) is 66.8. The van der Waals surface area contributed by atoms with Crippen LogP contribution in [-0.4, -0.2) is 154 Å². The number of aliphatic hydroxyl groups is 1. The number of carbonyl (C=O) groups is 9. The number of nitrogens with one attached hydrogen (secondary N) is 8. The number of aliphatic hydroxyl groups excluding tert-OH is 1. The Hall–Kier alpha value is -7.98. The van der Waals surface area contributed by atoms with Gasteiger partial charge in [-0.1, -0.05) is 113 Å². The lowest BCUT2D eigenvalue weighted by Gasteiger charge is -2.35. The minimum absolute atomic E-state index is 0.00723. The lowest BCUT2D eigenvalue weighted by atomic mass is 9.90. The third kappa shape index (κ3) is 20.7. The standard InChI is InChI=1S/C57H78N14O11S2/c1-32(36-21-20-35-14-7-8-15-37(35)28-36)46-54(81)64-29-45(74)65-43(30-72)52(79)68-42(27-33-12-5-4-6-13-33)51(78)69-44(53(80)67-41(16-9-10-24-58)50(77)66-40(48(60)75)17-11-25-63-56(61)62)31-83-84-57(2,3)47(55(82)70-46)71-49(76)39(59)26-34-18-22-38(73)23-19-34/h4-8,12-15,18-23,28,32,39-44,46-47,72-73H,9-11,16-17,24-27,29-31,58-59H2,1-3H3,(H2,60,75)(H,64,81)(H,65,74)(H,66,77)(H,67,80)(H,68,79)(H,69,78)(H,70,82)(H,71,76)(H4,61,62,63)/t32-,39+,40+,41+,42+,43+,44?,46+,47+/m1/s1. The Morgan fingerprint density at radius 1 is 0.738 bits per heavy atom. The molecular formula is C57H78N14O11S2. The number of primary amides is 1. The predicted molar refractivity (Wildman–Crippen MR) is 322 cm³/mol. The van der Waals surface area contributed by atoms with Gasteiger partial charge in [0.05, 0.1) is 19.2 Å². The zero-order valence-corrected chi connectivity index (χ0v) is 48.8. The summed E-state index contributed by atoms with van der Waals surface area (Å²) >= 11 is 0. The molecule has 1 aliphatic heterocycles. The molecule has 454 valence electrons. The molecule has 1 heterocycles. The van der Waals surface area contributed by atoms with Crippen LogP contribution >= 0.6 is 21.6 Å². The molecule has 4 aromatic rings. The maximum atomic E-state index is 15.1. The SMILES string of the molecule is C[C@H](c1ccc2ccccc2c1)[C@@H]1NC(=O)[C@H](NC(=O)[C@@H](N)Cc2ccc(O)cc2)C(C)(C)SSCC(C(=O)N[C@@H](CCCCN)C(=O)N[C@@H](CCCN=C(N)N)C(N)=O)NC(=O)[C@H](Cc2ccccc2)NC(=O)[C@H](CO)NC(=O)CNC1=O. The van der Waals surface area contributed by atoms with Crippen LogP contribution in [0.1, 0.15) is 75.5 Å². The van der Waals surface area contributed by atoms with Crippen LogP contribution in [0.2, 0.25) is 0 Å². The van der Waals surface area contributed by atoms with Crippen LogP contribution in [0.25, 0.3) is 10.8 Å². The molecule has 20 N–H and O–H groups in total. The lowest BCUT2D eigenvalue weighted by molar-refractivity contribution is -0.135. The van der Waals surface area contributed by atoms with Gasteiger partial charge in [0.25, 0.3) is 0 Å². The number of carbonyl (C=O) groups excluding carboxylic acids is 9. The molecule has 0 spiro atoms. The second-order valence-corrected chi connectivity index (χ2v) is 23.9. The number of aromatic hydroxyl groups is 1. The summed E-state index contributed by atoms with van der Waals surface area (Å²) in [5.74, 6) is -9.11. The third-order valence-corrected chi connectivity index (χ3v) is 17.2. The number of phenols is 1. The molecule has 1 fully saturated rings. The molecule has 0 bridgehead atoms. The fraction of sp³-hybridized carbons (Fsp3) is 0.439. The second-order valence-electron chi connectivity index (χ2n) is 20.9. The van der Waals surface area contributed by atoms with Crippen molar-refractivity contribution in [1.82, 2.24) is 42.5 Å². The molecule has 1 unspecified atom stereocenters. The Morgan fingerprint density at radius 2 is 1.40 bits per heavy atom. The first-order valence-corrected chi connectivity index (χ1v) is 29.7. The fourth-order valence-corrected chi connectivity index (χ4v) is 11.8. The zero-order valence-electron chi connectivity index (χ0n) is 47.1. The number of hydrogen-bond donors (Lipinski definition) is 15. The van der Waals surface area contributed by atoms with Crippen molar-refractivity contribution >= 4 is 91.5 Å². The highest BCUT2D eigenvalue weighted by atomic mass is 33.1. The van der Waals surface area contributed by atoms with E-state index in [4.69, 9.17) is 28.7 Å². The molecule has 1 saturated heterocycles. The molecule has 5 rings (SSSR count). The lowest BCUT2D eigenvalue weighted by Crippen LogP contribution is -2.62. The van der Waals surface area contributed by atoms with Crippen LogP contribution in [0.5, 0.6) is 5.75 Å². The molecule has 1 aliphatic rings. The number of aliphatic imine (C=N–C) groups is 1. The van der Waals surface area contributed by atoms with Gasteiger partial charge in [-0.2, -0.15) is 0 Å². The molecule has 27 heteroatoms. The fourth-order valence-electron chi connectivity index (χ4n) is 9.02. The van der Waals surface area contributed by atoms with Crippen molar-refractivity contribution < 1.29 is 53.4 Å². The summed E-state index contributed by atoms with van der Waals surface area (Å²) in [6, 6.07) is 16.2. The monoisotopic (exact) mass is 1200 g/mol. The summed E-state index contributed by atoms with van der Waals surface area (Å²) in [7, 11) is 2.02. The van der Waals surface area contributed by atoms with E-state index in [1.807, 2.05) is 36.4 Å². The highest BCUT2D eigenvalue weighted by Crippen LogP contribution is 2.39. The number of unbranched alkanes of at least 4 members (excludes halogenated alkanes) is 1. The first-order valence-electron chi connectivity index (χ1n) is 27.4. The molecule has 9 amide bonds. The molecule has 0 radical (unpaired) electrons.